The van der Waals surface area contributed by atoms with Crippen molar-refractivity contribution >= 4 is 11.7 Å². The van der Waals surface area contributed by atoms with Crippen LogP contribution in [0.4, 0.5) is 5.82 Å². The Morgan fingerprint density at radius 3 is 2.67 bits per heavy atom. The highest BCUT2D eigenvalue weighted by atomic mass is 16.1. The van der Waals surface area contributed by atoms with Gasteiger partial charge in [-0.2, -0.15) is 0 Å². The number of aromatic nitrogens is 1. The van der Waals surface area contributed by atoms with Crippen molar-refractivity contribution in [3.8, 4) is 0 Å². The fourth-order valence-corrected chi connectivity index (χ4v) is 1.59. The van der Waals surface area contributed by atoms with Crippen molar-refractivity contribution in [3.63, 3.8) is 0 Å². The van der Waals surface area contributed by atoms with Gasteiger partial charge in [0.15, 0.2) is 0 Å². The highest BCUT2D eigenvalue weighted by Crippen LogP contribution is 2.17. The minimum absolute atomic E-state index is 0.0238. The summed E-state index contributed by atoms with van der Waals surface area (Å²) in [6, 6.07) is 3.65. The van der Waals surface area contributed by atoms with E-state index in [0.29, 0.717) is 11.5 Å². The molecule has 0 bridgehead atoms. The Hall–Kier alpha value is -1.58. The SMILES string of the molecule is CCCCNC(=O)c1cc(NC)nc(C(C)C)c1. The molecular weight excluding hydrogens is 226 g/mol. The van der Waals surface area contributed by atoms with Crippen molar-refractivity contribution in [2.24, 2.45) is 0 Å². The molecule has 0 aromatic carbocycles. The van der Waals surface area contributed by atoms with Crippen molar-refractivity contribution in [1.29, 1.82) is 0 Å². The quantitative estimate of drug-likeness (QED) is 0.762. The number of anilines is 1. The van der Waals surface area contributed by atoms with Gasteiger partial charge in [0.1, 0.15) is 5.82 Å². The molecule has 18 heavy (non-hydrogen) atoms. The zero-order valence-corrected chi connectivity index (χ0v) is 11.7. The highest BCUT2D eigenvalue weighted by Gasteiger charge is 2.10. The zero-order chi connectivity index (χ0) is 13.5. The van der Waals surface area contributed by atoms with E-state index < -0.39 is 0 Å². The predicted molar refractivity (Wildman–Crippen MR) is 75.1 cm³/mol. The summed E-state index contributed by atoms with van der Waals surface area (Å²) in [5.41, 5.74) is 1.61. The van der Waals surface area contributed by atoms with Crippen molar-refractivity contribution in [1.82, 2.24) is 10.3 Å². The van der Waals surface area contributed by atoms with Gasteiger partial charge in [0.05, 0.1) is 0 Å². The molecule has 0 aliphatic rings. The number of pyridine rings is 1. The largest absolute Gasteiger partial charge is 0.373 e. The molecule has 0 saturated heterocycles. The third-order valence-electron chi connectivity index (χ3n) is 2.77. The Morgan fingerprint density at radius 1 is 1.39 bits per heavy atom. The third kappa shape index (κ3) is 4.02. The molecule has 0 saturated carbocycles. The molecule has 0 aliphatic heterocycles. The van der Waals surface area contributed by atoms with Crippen LogP contribution in [0.25, 0.3) is 0 Å². The summed E-state index contributed by atoms with van der Waals surface area (Å²) in [7, 11) is 1.81. The Kier molecular flexibility index (Phi) is 5.62. The molecule has 0 radical (unpaired) electrons. The fourth-order valence-electron chi connectivity index (χ4n) is 1.59. The summed E-state index contributed by atoms with van der Waals surface area (Å²) in [5, 5.41) is 5.92. The molecule has 2 N–H and O–H groups in total. The van der Waals surface area contributed by atoms with Crippen LogP contribution in [0.2, 0.25) is 0 Å². The molecule has 0 atom stereocenters. The number of nitrogens with one attached hydrogen (secondary N) is 2. The molecule has 1 amide bonds. The van der Waals surface area contributed by atoms with Gasteiger partial charge in [-0.3, -0.25) is 4.79 Å². The maximum Gasteiger partial charge on any atom is 0.251 e. The fraction of sp³-hybridized carbons (Fsp3) is 0.571. The van der Waals surface area contributed by atoms with Crippen LogP contribution < -0.4 is 10.6 Å². The van der Waals surface area contributed by atoms with Crippen LogP contribution in [-0.4, -0.2) is 24.5 Å². The maximum absolute atomic E-state index is 12.0. The van der Waals surface area contributed by atoms with Gasteiger partial charge in [-0.05, 0) is 24.5 Å². The number of hydrogen-bond donors (Lipinski definition) is 2. The number of carbonyl (C=O) groups is 1. The Morgan fingerprint density at radius 2 is 2.11 bits per heavy atom. The first kappa shape index (κ1) is 14.5. The Balaban J connectivity index is 2.86. The monoisotopic (exact) mass is 249 g/mol. The van der Waals surface area contributed by atoms with Crippen LogP contribution in [0.15, 0.2) is 12.1 Å². The first-order chi connectivity index (χ1) is 8.58. The predicted octanol–water partition coefficient (Wildman–Crippen LogP) is 2.78. The number of carbonyl (C=O) groups excluding carboxylic acids is 1. The number of rotatable bonds is 6. The molecule has 1 aromatic heterocycles. The topological polar surface area (TPSA) is 54.0 Å². The molecule has 4 nitrogen and oxygen atoms in total. The standard InChI is InChI=1S/C14H23N3O/c1-5-6-7-16-14(18)11-8-12(10(2)3)17-13(9-11)15-4/h8-10H,5-7H2,1-4H3,(H,15,17)(H,16,18). The molecular formula is C14H23N3O. The second-order valence-electron chi connectivity index (χ2n) is 4.68. The van der Waals surface area contributed by atoms with Crippen molar-refractivity contribution < 1.29 is 4.79 Å². The van der Waals surface area contributed by atoms with Crippen molar-refractivity contribution in [3.05, 3.63) is 23.4 Å². The second kappa shape index (κ2) is 6.99. The van der Waals surface area contributed by atoms with E-state index in [1.807, 2.05) is 13.1 Å². The minimum Gasteiger partial charge on any atom is -0.373 e. The summed E-state index contributed by atoms with van der Waals surface area (Å²) >= 11 is 0. The summed E-state index contributed by atoms with van der Waals surface area (Å²) in [6.07, 6.45) is 2.09. The molecule has 0 aliphatic carbocycles. The molecule has 100 valence electrons. The van der Waals surface area contributed by atoms with E-state index >= 15 is 0 Å². The lowest BCUT2D eigenvalue weighted by Gasteiger charge is -2.11. The van der Waals surface area contributed by atoms with E-state index in [-0.39, 0.29) is 5.91 Å². The smallest absolute Gasteiger partial charge is 0.251 e. The Labute approximate surface area is 109 Å². The number of nitrogens with zero attached hydrogens (tertiary/aromatic N) is 1. The van der Waals surface area contributed by atoms with E-state index in [4.69, 9.17) is 0 Å². The van der Waals surface area contributed by atoms with E-state index in [2.05, 4.69) is 36.4 Å². The van der Waals surface area contributed by atoms with Crippen LogP contribution in [0.3, 0.4) is 0 Å². The maximum atomic E-state index is 12.0. The van der Waals surface area contributed by atoms with Crippen molar-refractivity contribution in [2.45, 2.75) is 39.5 Å². The van der Waals surface area contributed by atoms with Crippen molar-refractivity contribution in [2.75, 3.05) is 18.9 Å². The molecule has 1 rings (SSSR count). The van der Waals surface area contributed by atoms with E-state index in [0.717, 1.165) is 30.9 Å². The third-order valence-corrected chi connectivity index (χ3v) is 2.77. The number of unbranched alkanes of at least 4 members (excludes halogenated alkanes) is 1. The van der Waals surface area contributed by atoms with Gasteiger partial charge < -0.3 is 10.6 Å². The number of hydrogen-bond acceptors (Lipinski definition) is 3. The van der Waals surface area contributed by atoms with Gasteiger partial charge in [-0.1, -0.05) is 27.2 Å². The average Bonchev–Trinajstić information content (AvgIpc) is 2.38. The Bertz CT molecular complexity index is 402. The van der Waals surface area contributed by atoms with E-state index in [9.17, 15) is 4.79 Å². The molecule has 0 fully saturated rings. The van der Waals surface area contributed by atoms with Gasteiger partial charge in [0, 0.05) is 24.8 Å². The summed E-state index contributed by atoms with van der Waals surface area (Å²) < 4.78 is 0. The summed E-state index contributed by atoms with van der Waals surface area (Å²) in [6.45, 7) is 6.97. The van der Waals surface area contributed by atoms with Crippen LogP contribution in [0.5, 0.6) is 0 Å². The first-order valence-corrected chi connectivity index (χ1v) is 6.56. The summed E-state index contributed by atoms with van der Waals surface area (Å²) in [4.78, 5) is 16.4. The normalized spacial score (nSPS) is 10.5. The molecule has 1 aromatic rings. The van der Waals surface area contributed by atoms with E-state index in [1.165, 1.54) is 0 Å². The van der Waals surface area contributed by atoms with Crippen LogP contribution in [-0.2, 0) is 0 Å². The van der Waals surface area contributed by atoms with Gasteiger partial charge in [0.2, 0.25) is 0 Å². The molecule has 4 heteroatoms. The number of amides is 1. The zero-order valence-electron chi connectivity index (χ0n) is 11.7. The first-order valence-electron chi connectivity index (χ1n) is 6.56. The van der Waals surface area contributed by atoms with Gasteiger partial charge in [-0.15, -0.1) is 0 Å². The van der Waals surface area contributed by atoms with Crippen LogP contribution >= 0.6 is 0 Å². The average molecular weight is 249 g/mol. The molecule has 0 spiro atoms. The molecule has 0 unspecified atom stereocenters. The lowest BCUT2D eigenvalue weighted by Crippen LogP contribution is -2.24. The minimum atomic E-state index is -0.0238. The molecule has 1 heterocycles. The van der Waals surface area contributed by atoms with Crippen LogP contribution in [0, 0.1) is 0 Å². The van der Waals surface area contributed by atoms with Crippen LogP contribution in [0.1, 0.15) is 55.6 Å². The van der Waals surface area contributed by atoms with Gasteiger partial charge >= 0.3 is 0 Å². The lowest BCUT2D eigenvalue weighted by molar-refractivity contribution is 0.0953. The van der Waals surface area contributed by atoms with E-state index in [1.54, 1.807) is 6.07 Å². The van der Waals surface area contributed by atoms with Gasteiger partial charge in [0.25, 0.3) is 5.91 Å². The highest BCUT2D eigenvalue weighted by molar-refractivity contribution is 5.95. The summed E-state index contributed by atoms with van der Waals surface area (Å²) in [5.74, 6) is 1.02. The van der Waals surface area contributed by atoms with Gasteiger partial charge in [-0.25, -0.2) is 4.98 Å². The lowest BCUT2D eigenvalue weighted by atomic mass is 10.1. The second-order valence-corrected chi connectivity index (χ2v) is 4.68.